The number of nitro benzene ring substituents is 1. The van der Waals surface area contributed by atoms with E-state index in [4.69, 9.17) is 9.47 Å². The minimum absolute atomic E-state index is 0.0883. The van der Waals surface area contributed by atoms with Crippen molar-refractivity contribution < 1.29 is 14.4 Å². The molecular formula is C20H17NO4. The van der Waals surface area contributed by atoms with Crippen LogP contribution >= 0.6 is 0 Å². The summed E-state index contributed by atoms with van der Waals surface area (Å²) < 4.78 is 11.5. The molecule has 0 saturated heterocycles. The molecule has 0 radical (unpaired) electrons. The zero-order valence-electron chi connectivity index (χ0n) is 13.8. The van der Waals surface area contributed by atoms with Gasteiger partial charge < -0.3 is 9.47 Å². The van der Waals surface area contributed by atoms with E-state index in [1.54, 1.807) is 13.2 Å². The molecule has 0 aromatic heterocycles. The summed E-state index contributed by atoms with van der Waals surface area (Å²) in [6, 6.07) is 10.9. The number of benzene rings is 2. The van der Waals surface area contributed by atoms with Crippen LogP contribution in [-0.2, 0) is 6.42 Å². The first-order chi connectivity index (χ1) is 12.2. The van der Waals surface area contributed by atoms with Gasteiger partial charge in [-0.1, -0.05) is 24.3 Å². The highest BCUT2D eigenvalue weighted by Crippen LogP contribution is 2.38. The summed E-state index contributed by atoms with van der Waals surface area (Å²) in [4.78, 5) is 11.0. The number of rotatable bonds is 2. The lowest BCUT2D eigenvalue weighted by Crippen LogP contribution is -2.05. The minimum atomic E-state index is -0.348. The average molecular weight is 335 g/mol. The summed E-state index contributed by atoms with van der Waals surface area (Å²) in [6.07, 6.45) is 7.58. The first-order valence-electron chi connectivity index (χ1n) is 8.17. The monoisotopic (exact) mass is 335 g/mol. The molecular weight excluding hydrogens is 318 g/mol. The molecule has 1 unspecified atom stereocenters. The second-order valence-electron chi connectivity index (χ2n) is 6.16. The van der Waals surface area contributed by atoms with Crippen LogP contribution in [0.3, 0.4) is 0 Å². The van der Waals surface area contributed by atoms with E-state index in [0.717, 1.165) is 41.2 Å². The Balaban J connectivity index is 1.81. The fourth-order valence-electron chi connectivity index (χ4n) is 3.36. The molecule has 1 heterocycles. The molecule has 1 aliphatic carbocycles. The Morgan fingerprint density at radius 2 is 2.16 bits per heavy atom. The molecule has 5 nitrogen and oxygen atoms in total. The van der Waals surface area contributed by atoms with Crippen LogP contribution in [0, 0.1) is 16.0 Å². The summed E-state index contributed by atoms with van der Waals surface area (Å²) in [5.41, 5.74) is 2.62. The van der Waals surface area contributed by atoms with Crippen molar-refractivity contribution in [3.63, 3.8) is 0 Å². The van der Waals surface area contributed by atoms with Gasteiger partial charge >= 0.3 is 0 Å². The Labute approximate surface area is 145 Å². The summed E-state index contributed by atoms with van der Waals surface area (Å²) in [6.45, 7) is 0. The van der Waals surface area contributed by atoms with E-state index in [9.17, 15) is 10.1 Å². The van der Waals surface area contributed by atoms with Crippen molar-refractivity contribution >= 4 is 17.8 Å². The van der Waals surface area contributed by atoms with Crippen LogP contribution in [0.15, 0.2) is 48.2 Å². The number of nitrogens with zero attached hydrogens (tertiary/aromatic N) is 1. The summed E-state index contributed by atoms with van der Waals surface area (Å²) in [7, 11) is 1.64. The van der Waals surface area contributed by atoms with Gasteiger partial charge in [0.15, 0.2) is 0 Å². The van der Waals surface area contributed by atoms with E-state index >= 15 is 0 Å². The van der Waals surface area contributed by atoms with Crippen LogP contribution < -0.4 is 9.47 Å². The molecule has 0 fully saturated rings. The molecule has 0 bridgehead atoms. The Morgan fingerprint density at radius 1 is 1.28 bits per heavy atom. The average Bonchev–Trinajstić information content (AvgIpc) is 2.89. The van der Waals surface area contributed by atoms with Gasteiger partial charge in [-0.15, -0.1) is 0 Å². The fraction of sp³-hybridized carbons (Fsp3) is 0.200. The third-order valence-corrected chi connectivity index (χ3v) is 4.69. The van der Waals surface area contributed by atoms with Gasteiger partial charge in [0.2, 0.25) is 0 Å². The molecule has 2 aliphatic rings. The van der Waals surface area contributed by atoms with Gasteiger partial charge in [0.25, 0.3) is 5.69 Å². The minimum Gasteiger partial charge on any atom is -0.497 e. The maximum Gasteiger partial charge on any atom is 0.277 e. The predicted molar refractivity (Wildman–Crippen MR) is 95.5 cm³/mol. The number of hydrogen-bond acceptors (Lipinski definition) is 4. The number of allylic oxidation sites excluding steroid dienone is 1. The molecule has 126 valence electrons. The van der Waals surface area contributed by atoms with E-state index in [0.29, 0.717) is 5.56 Å². The Kier molecular flexibility index (Phi) is 3.76. The number of aryl methyl sites for hydroxylation is 1. The first-order valence-corrected chi connectivity index (χ1v) is 8.17. The highest BCUT2D eigenvalue weighted by Gasteiger charge is 2.25. The summed E-state index contributed by atoms with van der Waals surface area (Å²) in [5, 5.41) is 11.4. The van der Waals surface area contributed by atoms with E-state index in [-0.39, 0.29) is 16.5 Å². The first kappa shape index (κ1) is 15.4. The molecule has 1 atom stereocenters. The quantitative estimate of drug-likeness (QED) is 0.594. The van der Waals surface area contributed by atoms with Crippen LogP contribution in [-0.4, -0.2) is 12.0 Å². The zero-order valence-corrected chi connectivity index (χ0v) is 13.8. The molecule has 2 aromatic carbocycles. The van der Waals surface area contributed by atoms with Gasteiger partial charge in [0.05, 0.1) is 17.6 Å². The van der Waals surface area contributed by atoms with Crippen LogP contribution in [0.25, 0.3) is 12.2 Å². The van der Waals surface area contributed by atoms with Gasteiger partial charge in [-0.2, -0.15) is 0 Å². The molecule has 0 N–H and O–H groups in total. The van der Waals surface area contributed by atoms with Gasteiger partial charge in [-0.25, -0.2) is 0 Å². The molecule has 4 rings (SSSR count). The summed E-state index contributed by atoms with van der Waals surface area (Å²) in [5.74, 6) is 2.42. The molecule has 25 heavy (non-hydrogen) atoms. The lowest BCUT2D eigenvalue weighted by atomic mass is 9.98. The SMILES string of the molecule is COc1ccc2c(c1)CCC1C=Cc3cccc([N+](=O)[O-])c3C=C1O2. The molecule has 0 amide bonds. The molecule has 2 aromatic rings. The largest absolute Gasteiger partial charge is 0.497 e. The third kappa shape index (κ3) is 2.78. The van der Waals surface area contributed by atoms with E-state index in [1.165, 1.54) is 6.07 Å². The second-order valence-corrected chi connectivity index (χ2v) is 6.16. The van der Waals surface area contributed by atoms with Gasteiger partial charge in [0, 0.05) is 12.0 Å². The van der Waals surface area contributed by atoms with Crippen molar-refractivity contribution in [1.29, 1.82) is 0 Å². The highest BCUT2D eigenvalue weighted by atomic mass is 16.6. The standard InChI is InChI=1S/C20H17NO4/c1-24-16-9-10-19-15(11-16)8-7-14-6-5-13-3-2-4-18(21(22)23)17(13)12-20(14)25-19/h2-6,9-12,14H,7-8H2,1H3. The number of ether oxygens (including phenoxy) is 2. The van der Waals surface area contributed by atoms with Crippen LogP contribution in [0.2, 0.25) is 0 Å². The highest BCUT2D eigenvalue weighted by molar-refractivity contribution is 5.75. The lowest BCUT2D eigenvalue weighted by molar-refractivity contribution is -0.385. The van der Waals surface area contributed by atoms with Gasteiger partial charge in [-0.05, 0) is 48.2 Å². The molecule has 1 aliphatic heterocycles. The molecule has 0 saturated carbocycles. The third-order valence-electron chi connectivity index (χ3n) is 4.69. The Morgan fingerprint density at radius 3 is 2.96 bits per heavy atom. The zero-order chi connectivity index (χ0) is 17.4. The van der Waals surface area contributed by atoms with E-state index < -0.39 is 0 Å². The van der Waals surface area contributed by atoms with Gasteiger partial charge in [0.1, 0.15) is 17.3 Å². The van der Waals surface area contributed by atoms with Crippen LogP contribution in [0.1, 0.15) is 23.1 Å². The number of hydrogen-bond donors (Lipinski definition) is 0. The molecule has 0 spiro atoms. The van der Waals surface area contributed by atoms with E-state index in [1.807, 2.05) is 36.4 Å². The lowest BCUT2D eigenvalue weighted by Gasteiger charge is -2.13. The van der Waals surface area contributed by atoms with Gasteiger partial charge in [-0.3, -0.25) is 10.1 Å². The fourth-order valence-corrected chi connectivity index (χ4v) is 3.36. The maximum absolute atomic E-state index is 11.4. The van der Waals surface area contributed by atoms with Crippen molar-refractivity contribution in [3.05, 3.63) is 75.0 Å². The second kappa shape index (κ2) is 6.09. The summed E-state index contributed by atoms with van der Waals surface area (Å²) >= 11 is 0. The van der Waals surface area contributed by atoms with Crippen LogP contribution in [0.4, 0.5) is 5.69 Å². The van der Waals surface area contributed by atoms with Crippen LogP contribution in [0.5, 0.6) is 11.5 Å². The molecule has 5 heteroatoms. The smallest absolute Gasteiger partial charge is 0.277 e. The number of fused-ring (bicyclic) bond motifs is 3. The van der Waals surface area contributed by atoms with Crippen molar-refractivity contribution in [2.75, 3.05) is 7.11 Å². The normalized spacial score (nSPS) is 17.8. The maximum atomic E-state index is 11.4. The topological polar surface area (TPSA) is 61.6 Å². The number of methoxy groups -OCH3 is 1. The number of nitro groups is 1. The predicted octanol–water partition coefficient (Wildman–Crippen LogP) is 4.61. The Hall–Kier alpha value is -3.08. The van der Waals surface area contributed by atoms with Crippen molar-refractivity contribution in [2.24, 2.45) is 5.92 Å². The van der Waals surface area contributed by atoms with Crippen molar-refractivity contribution in [2.45, 2.75) is 12.8 Å². The van der Waals surface area contributed by atoms with Crippen molar-refractivity contribution in [3.8, 4) is 11.5 Å². The van der Waals surface area contributed by atoms with E-state index in [2.05, 4.69) is 6.08 Å². The Bertz CT molecular complexity index is 914. The van der Waals surface area contributed by atoms with Crippen molar-refractivity contribution in [1.82, 2.24) is 0 Å².